The van der Waals surface area contributed by atoms with Crippen molar-refractivity contribution >= 4 is 17.2 Å². The molecule has 0 saturated heterocycles. The first-order valence-corrected chi connectivity index (χ1v) is 9.17. The molecule has 4 rings (SSSR count). The van der Waals surface area contributed by atoms with E-state index in [1.807, 2.05) is 60.1 Å². The molecule has 2 aromatic heterocycles. The average molecular weight is 387 g/mol. The van der Waals surface area contributed by atoms with Gasteiger partial charge in [-0.1, -0.05) is 24.3 Å². The van der Waals surface area contributed by atoms with Crippen LogP contribution >= 0.6 is 0 Å². The van der Waals surface area contributed by atoms with Crippen molar-refractivity contribution in [3.05, 3.63) is 78.1 Å². The molecule has 29 heavy (non-hydrogen) atoms. The number of amides is 1. The smallest absolute Gasteiger partial charge is 0.263 e. The summed E-state index contributed by atoms with van der Waals surface area (Å²) in [5.41, 5.74) is 4.80. The predicted octanol–water partition coefficient (Wildman–Crippen LogP) is 4.58. The Bertz CT molecular complexity index is 1170. The van der Waals surface area contributed by atoms with E-state index < -0.39 is 0 Å². The van der Waals surface area contributed by atoms with Crippen LogP contribution in [0.5, 0.6) is 11.5 Å². The summed E-state index contributed by atoms with van der Waals surface area (Å²) in [5.74, 6) is 0.601. The second-order valence-electron chi connectivity index (χ2n) is 6.67. The maximum absolute atomic E-state index is 12.9. The highest BCUT2D eigenvalue weighted by Gasteiger charge is 2.18. The van der Waals surface area contributed by atoms with Gasteiger partial charge in [-0.25, -0.2) is 4.98 Å². The van der Waals surface area contributed by atoms with E-state index in [1.54, 1.807) is 18.2 Å². The summed E-state index contributed by atoms with van der Waals surface area (Å²) < 4.78 is 12.7. The molecule has 0 spiro atoms. The number of hydrogen-bond donors (Lipinski definition) is 1. The van der Waals surface area contributed by atoms with Crippen molar-refractivity contribution in [3.8, 4) is 22.8 Å². The second-order valence-corrected chi connectivity index (χ2v) is 6.67. The van der Waals surface area contributed by atoms with Crippen molar-refractivity contribution < 1.29 is 14.3 Å². The van der Waals surface area contributed by atoms with Gasteiger partial charge in [0.2, 0.25) is 0 Å². The highest BCUT2D eigenvalue weighted by molar-refractivity contribution is 6.08. The highest BCUT2D eigenvalue weighted by Crippen LogP contribution is 2.30. The molecule has 0 aliphatic heterocycles. The molecule has 0 saturated carbocycles. The molecule has 0 radical (unpaired) electrons. The van der Waals surface area contributed by atoms with Crippen LogP contribution in [0.2, 0.25) is 0 Å². The predicted molar refractivity (Wildman–Crippen MR) is 113 cm³/mol. The zero-order chi connectivity index (χ0) is 20.4. The van der Waals surface area contributed by atoms with E-state index in [2.05, 4.69) is 10.3 Å². The second kappa shape index (κ2) is 7.67. The molecule has 0 fully saturated rings. The summed E-state index contributed by atoms with van der Waals surface area (Å²) in [5, 5.41) is 2.93. The van der Waals surface area contributed by atoms with Crippen LogP contribution in [-0.4, -0.2) is 29.5 Å². The Balaban J connectivity index is 1.65. The van der Waals surface area contributed by atoms with Gasteiger partial charge in [0.1, 0.15) is 22.7 Å². The Labute approximate surface area is 168 Å². The Hall–Kier alpha value is -3.80. The molecular weight excluding hydrogens is 366 g/mol. The summed E-state index contributed by atoms with van der Waals surface area (Å²) in [7, 11) is 3.05. The van der Waals surface area contributed by atoms with E-state index in [9.17, 15) is 4.79 Å². The summed E-state index contributed by atoms with van der Waals surface area (Å²) in [4.78, 5) is 17.6. The SMILES string of the molecule is COc1cccc(OC)c1C(=O)Nc1cccc(-c2cn3cc(C)ccc3n2)c1. The minimum Gasteiger partial charge on any atom is -0.496 e. The molecule has 2 heterocycles. The standard InChI is InChI=1S/C23H21N3O3/c1-15-10-11-21-25-18(14-26(21)13-15)16-6-4-7-17(12-16)24-23(27)22-19(28-2)8-5-9-20(22)29-3/h4-14H,1-3H3,(H,24,27). The third-order valence-electron chi connectivity index (χ3n) is 4.67. The Kier molecular flexibility index (Phi) is 4.91. The zero-order valence-electron chi connectivity index (χ0n) is 16.5. The van der Waals surface area contributed by atoms with Crippen molar-refractivity contribution in [1.82, 2.24) is 9.38 Å². The van der Waals surface area contributed by atoms with Crippen molar-refractivity contribution in [2.75, 3.05) is 19.5 Å². The number of carbonyl (C=O) groups is 1. The summed E-state index contributed by atoms with van der Waals surface area (Å²) in [6.07, 6.45) is 4.01. The van der Waals surface area contributed by atoms with Crippen LogP contribution in [0.1, 0.15) is 15.9 Å². The first-order valence-electron chi connectivity index (χ1n) is 9.17. The summed E-state index contributed by atoms with van der Waals surface area (Å²) in [6.45, 7) is 2.04. The Morgan fingerprint density at radius 1 is 0.966 bits per heavy atom. The quantitative estimate of drug-likeness (QED) is 0.544. The highest BCUT2D eigenvalue weighted by atomic mass is 16.5. The van der Waals surface area contributed by atoms with Gasteiger partial charge in [-0.3, -0.25) is 4.79 Å². The molecule has 0 unspecified atom stereocenters. The number of benzene rings is 2. The summed E-state index contributed by atoms with van der Waals surface area (Å²) >= 11 is 0. The van der Waals surface area contributed by atoms with E-state index in [0.29, 0.717) is 22.7 Å². The molecule has 4 aromatic rings. The largest absolute Gasteiger partial charge is 0.496 e. The lowest BCUT2D eigenvalue weighted by molar-refractivity contribution is 0.102. The fraction of sp³-hybridized carbons (Fsp3) is 0.130. The first-order chi connectivity index (χ1) is 14.1. The molecule has 6 heteroatoms. The van der Waals surface area contributed by atoms with Crippen molar-refractivity contribution in [2.24, 2.45) is 0 Å². The molecular formula is C23H21N3O3. The first kappa shape index (κ1) is 18.6. The van der Waals surface area contributed by atoms with Gasteiger partial charge in [-0.05, 0) is 42.8 Å². The van der Waals surface area contributed by atoms with Gasteiger partial charge in [0.15, 0.2) is 0 Å². The molecule has 1 amide bonds. The number of pyridine rings is 1. The fourth-order valence-corrected chi connectivity index (χ4v) is 3.27. The minimum absolute atomic E-state index is 0.304. The van der Waals surface area contributed by atoms with Crippen molar-refractivity contribution in [1.29, 1.82) is 0 Å². The van der Waals surface area contributed by atoms with Gasteiger partial charge < -0.3 is 19.2 Å². The molecule has 1 N–H and O–H groups in total. The van der Waals surface area contributed by atoms with Gasteiger partial charge in [-0.15, -0.1) is 0 Å². The van der Waals surface area contributed by atoms with E-state index in [0.717, 1.165) is 22.5 Å². The fourth-order valence-electron chi connectivity index (χ4n) is 3.27. The lowest BCUT2D eigenvalue weighted by Crippen LogP contribution is -2.14. The average Bonchev–Trinajstić information content (AvgIpc) is 3.16. The van der Waals surface area contributed by atoms with Gasteiger partial charge in [-0.2, -0.15) is 0 Å². The van der Waals surface area contributed by atoms with Gasteiger partial charge in [0.05, 0.1) is 19.9 Å². The molecule has 0 bridgehead atoms. The number of rotatable bonds is 5. The molecule has 2 aromatic carbocycles. The van der Waals surface area contributed by atoms with Crippen LogP contribution in [0.15, 0.2) is 67.0 Å². The molecule has 0 aliphatic rings. The van der Waals surface area contributed by atoms with E-state index >= 15 is 0 Å². The molecule has 146 valence electrons. The van der Waals surface area contributed by atoms with Crippen LogP contribution in [0, 0.1) is 6.92 Å². The summed E-state index contributed by atoms with van der Waals surface area (Å²) in [6, 6.07) is 16.8. The number of nitrogens with zero attached hydrogens (tertiary/aromatic N) is 2. The lowest BCUT2D eigenvalue weighted by Gasteiger charge is -2.13. The topological polar surface area (TPSA) is 64.9 Å². The van der Waals surface area contributed by atoms with Crippen LogP contribution in [0.25, 0.3) is 16.9 Å². The molecule has 0 atom stereocenters. The normalized spacial score (nSPS) is 10.7. The number of hydrogen-bond acceptors (Lipinski definition) is 4. The van der Waals surface area contributed by atoms with E-state index in [1.165, 1.54) is 14.2 Å². The third kappa shape index (κ3) is 3.65. The maximum atomic E-state index is 12.9. The van der Waals surface area contributed by atoms with Crippen LogP contribution < -0.4 is 14.8 Å². The van der Waals surface area contributed by atoms with Crippen LogP contribution in [0.4, 0.5) is 5.69 Å². The lowest BCUT2D eigenvalue weighted by atomic mass is 10.1. The monoisotopic (exact) mass is 387 g/mol. The number of methoxy groups -OCH3 is 2. The van der Waals surface area contributed by atoms with Crippen molar-refractivity contribution in [3.63, 3.8) is 0 Å². The Morgan fingerprint density at radius 3 is 2.41 bits per heavy atom. The molecule has 0 aliphatic carbocycles. The number of nitrogens with one attached hydrogen (secondary N) is 1. The minimum atomic E-state index is -0.304. The van der Waals surface area contributed by atoms with Crippen LogP contribution in [-0.2, 0) is 0 Å². The number of fused-ring (bicyclic) bond motifs is 1. The van der Waals surface area contributed by atoms with Gasteiger partial charge in [0, 0.05) is 23.6 Å². The number of anilines is 1. The van der Waals surface area contributed by atoms with Crippen molar-refractivity contribution in [2.45, 2.75) is 6.92 Å². The number of imidazole rings is 1. The number of aromatic nitrogens is 2. The number of carbonyl (C=O) groups excluding carboxylic acids is 1. The van der Waals surface area contributed by atoms with E-state index in [-0.39, 0.29) is 5.91 Å². The zero-order valence-corrected chi connectivity index (χ0v) is 16.5. The number of aryl methyl sites for hydroxylation is 1. The Morgan fingerprint density at radius 2 is 1.69 bits per heavy atom. The van der Waals surface area contributed by atoms with Gasteiger partial charge >= 0.3 is 0 Å². The van der Waals surface area contributed by atoms with E-state index in [4.69, 9.17) is 9.47 Å². The van der Waals surface area contributed by atoms with Crippen LogP contribution in [0.3, 0.4) is 0 Å². The molecule has 6 nitrogen and oxygen atoms in total. The number of ether oxygens (including phenoxy) is 2. The van der Waals surface area contributed by atoms with Gasteiger partial charge in [0.25, 0.3) is 5.91 Å². The third-order valence-corrected chi connectivity index (χ3v) is 4.67. The maximum Gasteiger partial charge on any atom is 0.263 e.